The monoisotopic (exact) mass is 567 g/mol. The van der Waals surface area contributed by atoms with Crippen LogP contribution in [0.5, 0.6) is 11.5 Å². The van der Waals surface area contributed by atoms with Crippen molar-refractivity contribution >= 4 is 45.5 Å². The number of hydrogen-bond donors (Lipinski definition) is 1. The molecule has 5 rings (SSSR count). The van der Waals surface area contributed by atoms with Crippen LogP contribution in [0, 0.1) is 0 Å². The molecule has 204 valence electrons. The Kier molecular flexibility index (Phi) is 7.62. The number of rotatable bonds is 6. The first-order valence-electron chi connectivity index (χ1n) is 12.7. The smallest absolute Gasteiger partial charge is 0.259 e. The number of aryl methyl sites for hydroxylation is 1. The lowest BCUT2D eigenvalue weighted by Gasteiger charge is -2.34. The number of likely N-dealkylation sites (N-methyl/N-ethyl adjacent to an activating group) is 1. The van der Waals surface area contributed by atoms with Gasteiger partial charge in [0.15, 0.2) is 0 Å². The van der Waals surface area contributed by atoms with E-state index in [-0.39, 0.29) is 15.6 Å². The van der Waals surface area contributed by atoms with E-state index in [0.29, 0.717) is 34.9 Å². The summed E-state index contributed by atoms with van der Waals surface area (Å²) in [5.41, 5.74) is 11.1. The highest BCUT2D eigenvalue weighted by Gasteiger charge is 2.23. The van der Waals surface area contributed by atoms with Crippen LogP contribution >= 0.6 is 23.2 Å². The number of nitrogen functional groups attached to an aromatic ring is 1. The van der Waals surface area contributed by atoms with Crippen LogP contribution in [-0.2, 0) is 6.54 Å². The highest BCUT2D eigenvalue weighted by molar-refractivity contribution is 6.41. The quantitative estimate of drug-likeness (QED) is 0.312. The molecule has 0 amide bonds. The second-order valence-corrected chi connectivity index (χ2v) is 10.3. The molecule has 2 N–H and O–H groups in total. The maximum atomic E-state index is 13.8. The molecule has 2 aromatic carbocycles. The van der Waals surface area contributed by atoms with Gasteiger partial charge in [-0.3, -0.25) is 9.78 Å². The molecular weight excluding hydrogens is 537 g/mol. The Morgan fingerprint density at radius 3 is 2.23 bits per heavy atom. The van der Waals surface area contributed by atoms with E-state index in [0.717, 1.165) is 54.0 Å². The summed E-state index contributed by atoms with van der Waals surface area (Å²) in [5, 5.41) is 1.25. The maximum Gasteiger partial charge on any atom is 0.259 e. The van der Waals surface area contributed by atoms with Gasteiger partial charge in [-0.1, -0.05) is 29.3 Å². The van der Waals surface area contributed by atoms with E-state index >= 15 is 0 Å². The predicted octanol–water partition coefficient (Wildman–Crippen LogP) is 5.41. The van der Waals surface area contributed by atoms with Gasteiger partial charge in [0.2, 0.25) is 0 Å². The van der Waals surface area contributed by atoms with Crippen LogP contribution in [0.1, 0.15) is 6.92 Å². The van der Waals surface area contributed by atoms with Crippen LogP contribution in [0.2, 0.25) is 10.0 Å². The molecule has 0 atom stereocenters. The summed E-state index contributed by atoms with van der Waals surface area (Å²) in [5.74, 6) is 0.725. The molecule has 4 aromatic rings. The summed E-state index contributed by atoms with van der Waals surface area (Å²) in [6.07, 6.45) is 1.75. The summed E-state index contributed by atoms with van der Waals surface area (Å²) < 4.78 is 12.5. The Morgan fingerprint density at radius 1 is 0.974 bits per heavy atom. The zero-order chi connectivity index (χ0) is 27.8. The van der Waals surface area contributed by atoms with E-state index in [4.69, 9.17) is 43.4 Å². The molecular formula is C29H31Cl2N5O3. The number of nitrogens with zero attached hydrogens (tertiary/aromatic N) is 4. The summed E-state index contributed by atoms with van der Waals surface area (Å²) in [4.78, 5) is 23.1. The minimum atomic E-state index is -0.230. The number of fused-ring (bicyclic) bond motifs is 1. The Hall–Kier alpha value is -3.46. The van der Waals surface area contributed by atoms with Crippen molar-refractivity contribution in [1.29, 1.82) is 0 Å². The molecule has 1 aliphatic rings. The third kappa shape index (κ3) is 4.88. The number of methoxy groups -OCH3 is 2. The molecule has 1 saturated heterocycles. The lowest BCUT2D eigenvalue weighted by molar-refractivity contribution is 0.313. The molecule has 1 fully saturated rings. The zero-order valence-electron chi connectivity index (χ0n) is 22.4. The second-order valence-electron chi connectivity index (χ2n) is 9.58. The second kappa shape index (κ2) is 11.0. The van der Waals surface area contributed by atoms with Gasteiger partial charge in [0.1, 0.15) is 11.5 Å². The van der Waals surface area contributed by atoms with Crippen molar-refractivity contribution in [2.24, 2.45) is 0 Å². The lowest BCUT2D eigenvalue weighted by Crippen LogP contribution is -2.44. The summed E-state index contributed by atoms with van der Waals surface area (Å²) >= 11 is 13.3. The van der Waals surface area contributed by atoms with Crippen molar-refractivity contribution in [2.75, 3.05) is 58.1 Å². The zero-order valence-corrected chi connectivity index (χ0v) is 23.9. The Labute approximate surface area is 237 Å². The molecule has 0 radical (unpaired) electrons. The van der Waals surface area contributed by atoms with Gasteiger partial charge in [-0.05, 0) is 38.2 Å². The number of piperazine rings is 1. The van der Waals surface area contributed by atoms with Gasteiger partial charge >= 0.3 is 0 Å². The van der Waals surface area contributed by atoms with Gasteiger partial charge in [0.25, 0.3) is 5.56 Å². The third-order valence-electron chi connectivity index (χ3n) is 7.30. The number of hydrogen-bond acceptors (Lipinski definition) is 7. The molecule has 2 aromatic heterocycles. The average molecular weight is 569 g/mol. The highest BCUT2D eigenvalue weighted by Crippen LogP contribution is 2.45. The number of halogens is 2. The normalized spacial score (nSPS) is 14.2. The van der Waals surface area contributed by atoms with Gasteiger partial charge in [-0.2, -0.15) is 0 Å². The van der Waals surface area contributed by atoms with Gasteiger partial charge in [-0.15, -0.1) is 0 Å². The van der Waals surface area contributed by atoms with Crippen LogP contribution in [0.3, 0.4) is 0 Å². The van der Waals surface area contributed by atoms with Crippen molar-refractivity contribution in [3.8, 4) is 33.9 Å². The topological polar surface area (TPSA) is 85.9 Å². The van der Waals surface area contributed by atoms with Crippen LogP contribution in [-0.4, -0.2) is 61.9 Å². The molecule has 10 heteroatoms. The van der Waals surface area contributed by atoms with Crippen molar-refractivity contribution in [3.63, 3.8) is 0 Å². The fourth-order valence-electron chi connectivity index (χ4n) is 5.09. The first kappa shape index (κ1) is 27.1. The van der Waals surface area contributed by atoms with E-state index in [1.165, 1.54) is 14.2 Å². The molecule has 0 spiro atoms. The third-order valence-corrected chi connectivity index (χ3v) is 8.06. The number of pyridine rings is 2. The Morgan fingerprint density at radius 2 is 1.64 bits per heavy atom. The number of benzene rings is 2. The molecule has 0 bridgehead atoms. The summed E-state index contributed by atoms with van der Waals surface area (Å²) in [6.45, 7) is 6.24. The van der Waals surface area contributed by atoms with Crippen LogP contribution in [0.4, 0.5) is 11.4 Å². The van der Waals surface area contributed by atoms with Gasteiger partial charge in [0.05, 0.1) is 52.4 Å². The number of aromatic nitrogens is 2. The molecule has 8 nitrogen and oxygen atoms in total. The van der Waals surface area contributed by atoms with E-state index in [9.17, 15) is 4.79 Å². The molecule has 0 aliphatic carbocycles. The fraction of sp³-hybridized carbons (Fsp3) is 0.310. The van der Waals surface area contributed by atoms with E-state index in [1.807, 2.05) is 25.1 Å². The number of anilines is 2. The summed E-state index contributed by atoms with van der Waals surface area (Å²) in [6, 6.07) is 11.3. The minimum absolute atomic E-state index is 0.230. The maximum absolute atomic E-state index is 13.8. The van der Waals surface area contributed by atoms with Gasteiger partial charge < -0.3 is 29.6 Å². The van der Waals surface area contributed by atoms with Gasteiger partial charge in [0, 0.05) is 61.5 Å². The molecule has 3 heterocycles. The molecule has 1 aliphatic heterocycles. The van der Waals surface area contributed by atoms with Crippen LogP contribution in [0.15, 0.2) is 47.4 Å². The Balaban J connectivity index is 1.60. The first-order valence-corrected chi connectivity index (χ1v) is 13.5. The molecule has 0 unspecified atom stereocenters. The summed E-state index contributed by atoms with van der Waals surface area (Å²) in [7, 11) is 5.13. The van der Waals surface area contributed by atoms with E-state index < -0.39 is 0 Å². The minimum Gasteiger partial charge on any atom is -0.495 e. The van der Waals surface area contributed by atoms with Crippen molar-refractivity contribution < 1.29 is 9.47 Å². The fourth-order valence-corrected chi connectivity index (χ4v) is 5.80. The number of ether oxygens (including phenoxy) is 2. The molecule has 39 heavy (non-hydrogen) atoms. The van der Waals surface area contributed by atoms with E-state index in [2.05, 4.69) is 22.9 Å². The van der Waals surface area contributed by atoms with Gasteiger partial charge in [-0.25, -0.2) is 0 Å². The van der Waals surface area contributed by atoms with Crippen LogP contribution in [0.25, 0.3) is 33.3 Å². The molecule has 0 saturated carbocycles. The first-order chi connectivity index (χ1) is 18.8. The van der Waals surface area contributed by atoms with Crippen LogP contribution < -0.4 is 25.7 Å². The predicted molar refractivity (Wildman–Crippen MR) is 160 cm³/mol. The Bertz CT molecular complexity index is 1590. The largest absolute Gasteiger partial charge is 0.495 e. The van der Waals surface area contributed by atoms with E-state index in [1.54, 1.807) is 22.9 Å². The van der Waals surface area contributed by atoms with Crippen molar-refractivity contribution in [2.45, 2.75) is 13.5 Å². The lowest BCUT2D eigenvalue weighted by atomic mass is 10.0. The average Bonchev–Trinajstić information content (AvgIpc) is 2.94. The SMILES string of the molecule is CCn1c(=O)c(-c2c(Cl)c(OC)cc(OC)c2Cl)cc2cnc(-c3ccc(N4CCN(C)CC4)c(N)c3)cc21. The number of nitrogens with two attached hydrogens (primary N) is 1. The standard InChI is InChI=1S/C29H31Cl2N5O3/c1-5-36-23-14-21(17-6-7-22(20(32)13-17)35-10-8-34(2)9-11-35)33-16-18(23)12-19(29(36)37)26-27(30)24(38-3)15-25(39-4)28(26)31/h6-7,12-16H,5,8-11,32H2,1-4H3. The van der Waals surface area contributed by atoms with Crippen molar-refractivity contribution in [3.05, 3.63) is 63.0 Å². The highest BCUT2D eigenvalue weighted by atomic mass is 35.5. The van der Waals surface area contributed by atoms with Crippen molar-refractivity contribution in [1.82, 2.24) is 14.5 Å².